The van der Waals surface area contributed by atoms with E-state index >= 15 is 0 Å². The number of anilines is 2. The van der Waals surface area contributed by atoms with Crippen molar-refractivity contribution in [2.24, 2.45) is 29.6 Å². The Balaban J connectivity index is 1.02. The number of H-pyrrole nitrogens is 1. The van der Waals surface area contributed by atoms with Crippen LogP contribution >= 0.6 is 23.1 Å². The lowest BCUT2D eigenvalue weighted by molar-refractivity contribution is -0.137. The number of thiazole rings is 1. The number of carbonyl (C=O) groups excluding carboxylic acids is 3. The smallest absolute Gasteiger partial charge is 0.418 e. The highest BCUT2D eigenvalue weighted by atomic mass is 32.2. The largest absolute Gasteiger partial charge is 0.490 e. The van der Waals surface area contributed by atoms with Crippen LogP contribution in [0.2, 0.25) is 0 Å². The summed E-state index contributed by atoms with van der Waals surface area (Å²) in [5, 5.41) is 5.34. The van der Waals surface area contributed by atoms with Crippen LogP contribution in [0.5, 0.6) is 11.5 Å². The summed E-state index contributed by atoms with van der Waals surface area (Å²) in [5.41, 5.74) is 0.00156. The molecule has 3 heterocycles. The van der Waals surface area contributed by atoms with Gasteiger partial charge in [-0.15, -0.1) is 11.8 Å². The lowest BCUT2D eigenvalue weighted by atomic mass is 9.68. The number of aromatic amines is 1. The maximum Gasteiger partial charge on any atom is 0.418 e. The second-order valence-corrected chi connectivity index (χ2v) is 16.2. The number of halogens is 3. The highest BCUT2D eigenvalue weighted by Crippen LogP contribution is 2.69. The molecule has 7 atom stereocenters. The number of hydrogen-bond acceptors (Lipinski definition) is 8. The minimum atomic E-state index is -4.75. The van der Waals surface area contributed by atoms with E-state index in [1.54, 1.807) is 6.07 Å². The highest BCUT2D eigenvalue weighted by molar-refractivity contribution is 8.00. The quantitative estimate of drug-likeness (QED) is 0.155. The first-order chi connectivity index (χ1) is 26.0. The molecule has 0 radical (unpaired) electrons. The molecule has 276 valence electrons. The first-order valence-corrected chi connectivity index (χ1v) is 19.3. The fraction of sp³-hybridized carbons (Fsp3) is 0.300. The molecule has 5 aromatic rings. The number of fused-ring (bicyclic) bond motifs is 10. The fourth-order valence-corrected chi connectivity index (χ4v) is 12.2. The van der Waals surface area contributed by atoms with Crippen LogP contribution in [0.15, 0.2) is 94.7 Å². The van der Waals surface area contributed by atoms with Gasteiger partial charge in [-0.25, -0.2) is 4.90 Å². The number of carbonyl (C=O) groups is 3. The number of imide groups is 1. The molecule has 9 rings (SSSR count). The zero-order chi connectivity index (χ0) is 37.5. The molecule has 1 saturated heterocycles. The maximum atomic E-state index is 14.1. The first-order valence-electron chi connectivity index (χ1n) is 17.6. The van der Waals surface area contributed by atoms with Crippen molar-refractivity contribution < 1.29 is 37.0 Å². The van der Waals surface area contributed by atoms with E-state index in [1.807, 2.05) is 61.5 Å². The third kappa shape index (κ3) is 5.52. The van der Waals surface area contributed by atoms with Crippen LogP contribution in [0.1, 0.15) is 35.3 Å². The zero-order valence-corrected chi connectivity index (χ0v) is 30.2. The molecule has 2 aliphatic heterocycles. The lowest BCUT2D eigenvalue weighted by Gasteiger charge is -2.43. The molecular formula is C40H32F3N3O6S2. The highest BCUT2D eigenvalue weighted by Gasteiger charge is 2.70. The van der Waals surface area contributed by atoms with Gasteiger partial charge in [0.25, 0.3) is 5.91 Å². The Labute approximate surface area is 314 Å². The molecule has 2 N–H and O–H groups in total. The van der Waals surface area contributed by atoms with Gasteiger partial charge in [-0.05, 0) is 72.4 Å². The van der Waals surface area contributed by atoms with E-state index in [0.29, 0.717) is 35.2 Å². The molecule has 4 unspecified atom stereocenters. The Hall–Kier alpha value is -5.08. The number of benzene rings is 4. The summed E-state index contributed by atoms with van der Waals surface area (Å²) < 4.78 is 54.2. The summed E-state index contributed by atoms with van der Waals surface area (Å²) in [5.74, 6) is -3.48. The van der Waals surface area contributed by atoms with Crippen LogP contribution in [0.3, 0.4) is 0 Å². The number of para-hydroxylation sites is 1. The molecule has 54 heavy (non-hydrogen) atoms. The minimum absolute atomic E-state index is 0.169. The summed E-state index contributed by atoms with van der Waals surface area (Å²) in [7, 11) is 0. The van der Waals surface area contributed by atoms with Gasteiger partial charge in [0.2, 0.25) is 11.8 Å². The van der Waals surface area contributed by atoms with E-state index in [9.17, 15) is 32.3 Å². The Morgan fingerprint density at radius 2 is 1.65 bits per heavy atom. The normalized spacial score (nSPS) is 25.4. The average molecular weight is 772 g/mol. The summed E-state index contributed by atoms with van der Waals surface area (Å²) in [6.45, 7) is 1.85. The Morgan fingerprint density at radius 1 is 0.907 bits per heavy atom. The van der Waals surface area contributed by atoms with Crippen molar-refractivity contribution in [2.45, 2.75) is 35.7 Å². The number of nitrogens with zero attached hydrogens (tertiary/aromatic N) is 1. The molecule has 0 spiro atoms. The Kier molecular flexibility index (Phi) is 8.38. The van der Waals surface area contributed by atoms with E-state index in [-0.39, 0.29) is 46.3 Å². The SMILES string of the molecule is CCOc1cc([C@H]2c3sc(=O)[nH]c3SC3C2[C@H]2C[C@@H]3C3C(=O)N(c4ccccc4C(F)(F)F)C(=O)C32)ccc1OCC(=O)Nc1cccc2ccccc12. The molecule has 2 saturated carbocycles. The standard InChI is InChI=1S/C40H32F3N3O6S2/c1-2-51-28-16-20(14-15-27(28)52-18-29(47)44-25-12-7-9-19-8-3-4-10-21(19)25)30-31-22-17-23(34(31)53-36-35(30)54-39(50)45-36)33-32(22)37(48)46(38(33)49)26-13-6-5-11-24(26)40(41,42)43/h3-16,22-23,30-34H,2,17-18H2,1H3,(H,44,47)(H,45,50)/t22-,23-,30-,31?,32?,33?,34?/m1/s1. The predicted molar refractivity (Wildman–Crippen MR) is 198 cm³/mol. The number of aromatic nitrogens is 1. The van der Waals surface area contributed by atoms with Gasteiger partial charge in [0, 0.05) is 27.1 Å². The maximum absolute atomic E-state index is 14.1. The number of thioether (sulfide) groups is 1. The molecule has 2 bridgehead atoms. The second kappa shape index (κ2) is 13.0. The predicted octanol–water partition coefficient (Wildman–Crippen LogP) is 7.70. The van der Waals surface area contributed by atoms with E-state index in [1.165, 1.54) is 30.0 Å². The number of rotatable bonds is 8. The number of nitrogens with one attached hydrogen (secondary N) is 2. The zero-order valence-electron chi connectivity index (χ0n) is 28.6. The Morgan fingerprint density at radius 3 is 2.44 bits per heavy atom. The number of hydrogen-bond donors (Lipinski definition) is 2. The van der Waals surface area contributed by atoms with Crippen LogP contribution < -0.4 is 24.6 Å². The van der Waals surface area contributed by atoms with Gasteiger partial charge in [0.15, 0.2) is 18.1 Å². The van der Waals surface area contributed by atoms with Crippen molar-refractivity contribution in [3.05, 3.63) is 111 Å². The van der Waals surface area contributed by atoms with Crippen molar-refractivity contribution in [3.8, 4) is 11.5 Å². The monoisotopic (exact) mass is 771 g/mol. The van der Waals surface area contributed by atoms with Crippen molar-refractivity contribution in [2.75, 3.05) is 23.4 Å². The number of alkyl halides is 3. The van der Waals surface area contributed by atoms with E-state index < -0.39 is 41.1 Å². The lowest BCUT2D eigenvalue weighted by Crippen LogP contribution is -2.42. The van der Waals surface area contributed by atoms with E-state index in [2.05, 4.69) is 10.3 Å². The topological polar surface area (TPSA) is 118 Å². The molecule has 14 heteroatoms. The van der Waals surface area contributed by atoms with E-state index in [4.69, 9.17) is 9.47 Å². The van der Waals surface area contributed by atoms with Crippen molar-refractivity contribution in [1.82, 2.24) is 4.98 Å². The third-order valence-electron chi connectivity index (χ3n) is 11.2. The van der Waals surface area contributed by atoms with Gasteiger partial charge in [0.1, 0.15) is 0 Å². The van der Waals surface area contributed by atoms with Gasteiger partial charge >= 0.3 is 11.0 Å². The van der Waals surface area contributed by atoms with Crippen LogP contribution in [-0.4, -0.2) is 41.2 Å². The summed E-state index contributed by atoms with van der Waals surface area (Å²) in [4.78, 5) is 58.2. The molecule has 3 fully saturated rings. The van der Waals surface area contributed by atoms with Crippen molar-refractivity contribution in [3.63, 3.8) is 0 Å². The van der Waals surface area contributed by atoms with Crippen LogP contribution in [0, 0.1) is 29.6 Å². The second-order valence-electron chi connectivity index (χ2n) is 14.0. The summed E-state index contributed by atoms with van der Waals surface area (Å²) in [6, 6.07) is 23.5. The summed E-state index contributed by atoms with van der Waals surface area (Å²) >= 11 is 2.58. The van der Waals surface area contributed by atoms with Gasteiger partial charge in [-0.3, -0.25) is 19.2 Å². The molecule has 4 aliphatic rings. The first kappa shape index (κ1) is 34.7. The van der Waals surface area contributed by atoms with Crippen LogP contribution in [0.25, 0.3) is 10.8 Å². The van der Waals surface area contributed by atoms with Gasteiger partial charge in [-0.1, -0.05) is 65.9 Å². The van der Waals surface area contributed by atoms with Gasteiger partial charge in [-0.2, -0.15) is 13.2 Å². The summed E-state index contributed by atoms with van der Waals surface area (Å²) in [6.07, 6.45) is -4.18. The average Bonchev–Trinajstić information content (AvgIpc) is 3.89. The van der Waals surface area contributed by atoms with Crippen molar-refractivity contribution >= 4 is 63.0 Å². The van der Waals surface area contributed by atoms with Crippen molar-refractivity contribution in [1.29, 1.82) is 0 Å². The number of amides is 3. The number of ether oxygens (including phenoxy) is 2. The van der Waals surface area contributed by atoms with Crippen LogP contribution in [0.4, 0.5) is 24.5 Å². The van der Waals surface area contributed by atoms with Gasteiger partial charge < -0.3 is 19.8 Å². The molecular weight excluding hydrogens is 740 g/mol. The minimum Gasteiger partial charge on any atom is -0.490 e. The molecule has 3 amide bonds. The Bertz CT molecular complexity index is 2410. The molecule has 9 nitrogen and oxygen atoms in total. The molecule has 1 aromatic heterocycles. The molecule has 2 aliphatic carbocycles. The molecule has 4 aromatic carbocycles. The fourth-order valence-electron chi connectivity index (χ4n) is 9.31. The third-order valence-corrected chi connectivity index (χ3v) is 13.8. The van der Waals surface area contributed by atoms with E-state index in [0.717, 1.165) is 43.5 Å². The van der Waals surface area contributed by atoms with Crippen LogP contribution in [-0.2, 0) is 20.6 Å². The van der Waals surface area contributed by atoms with Gasteiger partial charge in [0.05, 0.1) is 34.7 Å².